The lowest BCUT2D eigenvalue weighted by atomic mass is 10.4. The van der Waals surface area contributed by atoms with Crippen molar-refractivity contribution in [2.24, 2.45) is 10.7 Å². The minimum Gasteiger partial charge on any atom is -0.404 e. The van der Waals surface area contributed by atoms with Crippen molar-refractivity contribution < 1.29 is 8.78 Å². The Labute approximate surface area is 76.2 Å². The van der Waals surface area contributed by atoms with Gasteiger partial charge in [0.15, 0.2) is 0 Å². The van der Waals surface area contributed by atoms with Crippen molar-refractivity contribution >= 4 is 32.2 Å². The van der Waals surface area contributed by atoms with Gasteiger partial charge in [0.25, 0.3) is 0 Å². The summed E-state index contributed by atoms with van der Waals surface area (Å²) in [5.74, 6) is 0.0489. The van der Waals surface area contributed by atoms with E-state index in [1.165, 1.54) is 0 Å². The van der Waals surface area contributed by atoms with Gasteiger partial charge >= 0.3 is 6.55 Å². The van der Waals surface area contributed by atoms with E-state index in [1.54, 1.807) is 0 Å². The number of allylic oxidation sites excluding steroid dienone is 1. The summed E-state index contributed by atoms with van der Waals surface area (Å²) in [6.07, 6.45) is 1.13. The van der Waals surface area contributed by atoms with Crippen molar-refractivity contribution in [2.45, 2.75) is 6.55 Å². The average molecular weight is 247 g/mol. The van der Waals surface area contributed by atoms with Gasteiger partial charge in [0, 0.05) is 11.8 Å². The number of alkyl halides is 3. The number of hydrogen-bond donors (Lipinski definition) is 1. The first-order valence-electron chi connectivity index (χ1n) is 2.60. The van der Waals surface area contributed by atoms with Crippen LogP contribution in [0.25, 0.3) is 0 Å². The fourth-order valence-electron chi connectivity index (χ4n) is 0.337. The van der Waals surface area contributed by atoms with Crippen molar-refractivity contribution in [1.82, 2.24) is 0 Å². The molecular weight excluding hydrogens is 241 g/mol. The molecule has 0 radical (unpaired) electrons. The molecule has 0 aromatic heterocycles. The van der Waals surface area contributed by atoms with E-state index in [1.807, 2.05) is 0 Å². The first-order valence-corrected chi connectivity index (χ1v) is 3.93. The molecule has 64 valence electrons. The molecule has 0 saturated carbocycles. The molecule has 0 heterocycles. The molecule has 0 atom stereocenters. The molecule has 0 rings (SSSR count). The van der Waals surface area contributed by atoms with Crippen LogP contribution in [0.4, 0.5) is 8.78 Å². The Morgan fingerprint density at radius 3 is 2.55 bits per heavy atom. The van der Waals surface area contributed by atoms with E-state index in [0.29, 0.717) is 5.57 Å². The second-order valence-corrected chi connectivity index (χ2v) is 2.54. The van der Waals surface area contributed by atoms with E-state index in [-0.39, 0.29) is 10.5 Å². The number of halogens is 4. The summed E-state index contributed by atoms with van der Waals surface area (Å²) >= 11 is 8.14. The monoisotopic (exact) mass is 246 g/mol. The second kappa shape index (κ2) is 5.49. The quantitative estimate of drug-likeness (QED) is 0.463. The number of nitrogens with two attached hydrogens (primary N) is 1. The maximum atomic E-state index is 11.6. The predicted octanol–water partition coefficient (Wildman–Crippen LogP) is 2.08. The highest BCUT2D eigenvalue weighted by molar-refractivity contribution is 9.18. The number of rotatable bonds is 3. The number of aliphatic imine (C=N–C) groups is 1. The minimum atomic E-state index is -2.75. The molecule has 0 aliphatic carbocycles. The average Bonchev–Trinajstić information content (AvgIpc) is 1.88. The zero-order chi connectivity index (χ0) is 8.85. The Bertz CT molecular complexity index is 181. The van der Waals surface area contributed by atoms with Crippen molar-refractivity contribution in [3.8, 4) is 0 Å². The molecule has 0 aliphatic rings. The Morgan fingerprint density at radius 1 is 1.73 bits per heavy atom. The summed E-state index contributed by atoms with van der Waals surface area (Å²) in [5, 5.41) is 0. The lowest BCUT2D eigenvalue weighted by Crippen LogP contribution is -2.01. The summed E-state index contributed by atoms with van der Waals surface area (Å²) in [7, 11) is 0. The molecule has 2 N–H and O–H groups in total. The predicted molar refractivity (Wildman–Crippen MR) is 45.4 cm³/mol. The van der Waals surface area contributed by atoms with Crippen LogP contribution in [0.1, 0.15) is 0 Å². The van der Waals surface area contributed by atoms with E-state index < -0.39 is 6.55 Å². The number of nitrogens with zero attached hydrogens (tertiary/aromatic N) is 1. The highest BCUT2D eigenvalue weighted by Crippen LogP contribution is 2.09. The van der Waals surface area contributed by atoms with E-state index in [4.69, 9.17) is 17.3 Å². The van der Waals surface area contributed by atoms with Gasteiger partial charge in [-0.05, 0) is 15.9 Å². The normalized spacial score (nSPS) is 14.3. The SMILES string of the molecule is NC=C(CCl)C(Br)=NC(F)F. The Balaban J connectivity index is 4.32. The summed E-state index contributed by atoms with van der Waals surface area (Å²) in [4.78, 5) is 2.89. The van der Waals surface area contributed by atoms with Crippen LogP contribution in [-0.4, -0.2) is 17.1 Å². The van der Waals surface area contributed by atoms with Crippen LogP contribution in [0.2, 0.25) is 0 Å². The molecule has 0 amide bonds. The largest absolute Gasteiger partial charge is 0.404 e. The molecule has 11 heavy (non-hydrogen) atoms. The van der Waals surface area contributed by atoms with Gasteiger partial charge in [0.2, 0.25) is 0 Å². The Hall–Kier alpha value is -0.160. The van der Waals surface area contributed by atoms with Gasteiger partial charge in [-0.15, -0.1) is 11.6 Å². The molecule has 2 nitrogen and oxygen atoms in total. The number of hydrogen-bond acceptors (Lipinski definition) is 2. The highest BCUT2D eigenvalue weighted by Gasteiger charge is 2.04. The molecule has 0 unspecified atom stereocenters. The van der Waals surface area contributed by atoms with Crippen LogP contribution >= 0.6 is 27.5 Å². The highest BCUT2D eigenvalue weighted by atomic mass is 79.9. The summed E-state index contributed by atoms with van der Waals surface area (Å²) in [6.45, 7) is -2.75. The van der Waals surface area contributed by atoms with E-state index in [9.17, 15) is 8.78 Å². The lowest BCUT2D eigenvalue weighted by Gasteiger charge is -1.98. The smallest absolute Gasteiger partial charge is 0.332 e. The van der Waals surface area contributed by atoms with Gasteiger partial charge in [-0.2, -0.15) is 8.78 Å². The molecule has 0 fully saturated rings. The molecule has 0 saturated heterocycles. The zero-order valence-corrected chi connectivity index (χ0v) is 7.74. The van der Waals surface area contributed by atoms with Gasteiger partial charge in [-0.25, -0.2) is 4.99 Å². The van der Waals surface area contributed by atoms with Crippen LogP contribution in [0, 0.1) is 0 Å². The van der Waals surface area contributed by atoms with Crippen LogP contribution in [0.3, 0.4) is 0 Å². The third kappa shape index (κ3) is 4.31. The Kier molecular flexibility index (Phi) is 5.41. The Morgan fingerprint density at radius 2 is 2.27 bits per heavy atom. The van der Waals surface area contributed by atoms with Crippen molar-refractivity contribution in [3.63, 3.8) is 0 Å². The van der Waals surface area contributed by atoms with Gasteiger partial charge in [-0.3, -0.25) is 0 Å². The first-order chi connectivity index (χ1) is 5.11. The second-order valence-electron chi connectivity index (χ2n) is 1.52. The van der Waals surface area contributed by atoms with Crippen LogP contribution < -0.4 is 5.73 Å². The van der Waals surface area contributed by atoms with E-state index in [2.05, 4.69) is 20.9 Å². The lowest BCUT2D eigenvalue weighted by molar-refractivity contribution is 0.160. The third-order valence-corrected chi connectivity index (χ3v) is 1.82. The molecule has 0 aromatic carbocycles. The molecule has 0 bridgehead atoms. The fraction of sp³-hybridized carbons (Fsp3) is 0.400. The van der Waals surface area contributed by atoms with Crippen LogP contribution in [-0.2, 0) is 0 Å². The summed E-state index contributed by atoms with van der Waals surface area (Å²) in [5.41, 5.74) is 5.40. The molecule has 0 aromatic rings. The van der Waals surface area contributed by atoms with Gasteiger partial charge in [0.05, 0.1) is 5.88 Å². The summed E-state index contributed by atoms with van der Waals surface area (Å²) in [6, 6.07) is 0. The maximum absolute atomic E-state index is 11.6. The molecule has 0 spiro atoms. The third-order valence-electron chi connectivity index (χ3n) is 0.821. The van der Waals surface area contributed by atoms with Gasteiger partial charge < -0.3 is 5.73 Å². The fourth-order valence-corrected chi connectivity index (χ4v) is 1.14. The molecule has 6 heteroatoms. The standard InChI is InChI=1S/C5H6BrClF2N2/c6-4(11-5(8)9)3(1-7)2-10/h2,5H,1,10H2. The van der Waals surface area contributed by atoms with Crippen LogP contribution in [0.5, 0.6) is 0 Å². The minimum absolute atomic E-state index is 0.00926. The van der Waals surface area contributed by atoms with Gasteiger partial charge in [0.1, 0.15) is 4.62 Å². The van der Waals surface area contributed by atoms with Crippen molar-refractivity contribution in [2.75, 3.05) is 5.88 Å². The zero-order valence-electron chi connectivity index (χ0n) is 5.40. The van der Waals surface area contributed by atoms with E-state index in [0.717, 1.165) is 6.20 Å². The maximum Gasteiger partial charge on any atom is 0.332 e. The molecule has 0 aliphatic heterocycles. The van der Waals surface area contributed by atoms with Gasteiger partial charge in [-0.1, -0.05) is 0 Å². The first kappa shape index (κ1) is 10.8. The molecular formula is C5H6BrClF2N2. The van der Waals surface area contributed by atoms with Crippen LogP contribution in [0.15, 0.2) is 16.8 Å². The van der Waals surface area contributed by atoms with E-state index >= 15 is 0 Å². The summed E-state index contributed by atoms with van der Waals surface area (Å²) < 4.78 is 23.2. The topological polar surface area (TPSA) is 38.4 Å². The van der Waals surface area contributed by atoms with Crippen molar-refractivity contribution in [1.29, 1.82) is 0 Å². The van der Waals surface area contributed by atoms with Crippen molar-refractivity contribution in [3.05, 3.63) is 11.8 Å².